The van der Waals surface area contributed by atoms with E-state index in [4.69, 9.17) is 4.74 Å². The van der Waals surface area contributed by atoms with Crippen LogP contribution in [0, 0.1) is 6.92 Å². The molecule has 1 saturated heterocycles. The highest BCUT2D eigenvalue weighted by Crippen LogP contribution is 2.22. The van der Waals surface area contributed by atoms with Crippen molar-refractivity contribution >= 4 is 5.97 Å². The number of likely N-dealkylation sites (tertiary alicyclic amines) is 1. The fourth-order valence-corrected chi connectivity index (χ4v) is 2.06. The maximum atomic E-state index is 11.4. The molecular weight excluding hydrogens is 206 g/mol. The average molecular weight is 223 g/mol. The maximum absolute atomic E-state index is 11.4. The summed E-state index contributed by atoms with van der Waals surface area (Å²) < 4.78 is 6.56. The summed E-state index contributed by atoms with van der Waals surface area (Å²) in [6.07, 6.45) is 2.90. The Hall–Kier alpha value is -1.36. The molecule has 16 heavy (non-hydrogen) atoms. The highest BCUT2D eigenvalue weighted by atomic mass is 16.5. The monoisotopic (exact) mass is 223 g/mol. The minimum Gasteiger partial charge on any atom is -0.468 e. The molecule has 2 heterocycles. The van der Waals surface area contributed by atoms with Crippen LogP contribution in [0.25, 0.3) is 0 Å². The lowest BCUT2D eigenvalue weighted by Gasteiger charge is -2.38. The molecule has 1 unspecified atom stereocenters. The molecule has 0 saturated carbocycles. The molecule has 0 bridgehead atoms. The first-order valence-corrected chi connectivity index (χ1v) is 5.43. The summed E-state index contributed by atoms with van der Waals surface area (Å²) in [6, 6.07) is -0.0652. The fourth-order valence-electron chi connectivity index (χ4n) is 2.06. The Morgan fingerprint density at radius 3 is 2.88 bits per heavy atom. The lowest BCUT2D eigenvalue weighted by Crippen LogP contribution is -2.52. The van der Waals surface area contributed by atoms with Crippen molar-refractivity contribution in [3.63, 3.8) is 0 Å². The van der Waals surface area contributed by atoms with Crippen LogP contribution in [0.3, 0.4) is 0 Å². The summed E-state index contributed by atoms with van der Waals surface area (Å²) in [5.41, 5.74) is 2.20. The van der Waals surface area contributed by atoms with Crippen LogP contribution in [0.4, 0.5) is 0 Å². The zero-order valence-electron chi connectivity index (χ0n) is 9.93. The van der Waals surface area contributed by atoms with E-state index in [0.717, 1.165) is 25.2 Å². The summed E-state index contributed by atoms with van der Waals surface area (Å²) in [6.45, 7) is 3.72. The zero-order valence-corrected chi connectivity index (χ0v) is 9.93. The van der Waals surface area contributed by atoms with Crippen molar-refractivity contribution in [1.82, 2.24) is 14.7 Å². The van der Waals surface area contributed by atoms with Crippen LogP contribution in [-0.4, -0.2) is 40.3 Å². The Morgan fingerprint density at radius 2 is 2.44 bits per heavy atom. The van der Waals surface area contributed by atoms with E-state index in [0.29, 0.717) is 0 Å². The second-order valence-electron chi connectivity index (χ2n) is 4.21. The molecule has 1 aromatic heterocycles. The first-order valence-electron chi connectivity index (χ1n) is 5.43. The normalized spacial score (nSPS) is 20.6. The number of carbonyl (C=O) groups excluding carboxylic acids is 1. The first-order chi connectivity index (χ1) is 7.61. The van der Waals surface area contributed by atoms with Gasteiger partial charge in [0, 0.05) is 31.9 Å². The Balaban J connectivity index is 2.00. The Bertz CT molecular complexity index is 400. The van der Waals surface area contributed by atoms with Crippen molar-refractivity contribution in [3.05, 3.63) is 17.5 Å². The predicted molar refractivity (Wildman–Crippen MR) is 58.8 cm³/mol. The number of hydrogen-bond acceptors (Lipinski definition) is 4. The number of aromatic nitrogens is 2. The van der Waals surface area contributed by atoms with Gasteiger partial charge in [-0.25, -0.2) is 0 Å². The van der Waals surface area contributed by atoms with Gasteiger partial charge in [-0.1, -0.05) is 0 Å². The standard InChI is InChI=1S/C11H17N3O2/c1-8-9(6-13(2)12-8)7-14-5-4-10(14)11(15)16-3/h6,10H,4-5,7H2,1-3H3. The smallest absolute Gasteiger partial charge is 0.323 e. The summed E-state index contributed by atoms with van der Waals surface area (Å²) in [4.78, 5) is 13.5. The van der Waals surface area contributed by atoms with Crippen molar-refractivity contribution in [2.24, 2.45) is 7.05 Å². The topological polar surface area (TPSA) is 47.4 Å². The van der Waals surface area contributed by atoms with E-state index in [1.54, 1.807) is 4.68 Å². The lowest BCUT2D eigenvalue weighted by molar-refractivity contribution is -0.152. The number of aryl methyl sites for hydroxylation is 2. The zero-order chi connectivity index (χ0) is 11.7. The van der Waals surface area contributed by atoms with Crippen LogP contribution in [0.1, 0.15) is 17.7 Å². The predicted octanol–water partition coefficient (Wildman–Crippen LogP) is 0.476. The molecule has 0 amide bonds. The van der Waals surface area contributed by atoms with Gasteiger partial charge >= 0.3 is 5.97 Å². The van der Waals surface area contributed by atoms with Crippen LogP contribution < -0.4 is 0 Å². The van der Waals surface area contributed by atoms with E-state index in [-0.39, 0.29) is 12.0 Å². The number of carbonyl (C=O) groups is 1. The van der Waals surface area contributed by atoms with Crippen LogP contribution >= 0.6 is 0 Å². The molecule has 2 rings (SSSR count). The summed E-state index contributed by atoms with van der Waals surface area (Å²) in [7, 11) is 3.35. The van der Waals surface area contributed by atoms with Crippen molar-refractivity contribution in [2.45, 2.75) is 25.9 Å². The highest BCUT2D eigenvalue weighted by molar-refractivity contribution is 5.76. The maximum Gasteiger partial charge on any atom is 0.323 e. The van der Waals surface area contributed by atoms with Crippen LogP contribution in [0.2, 0.25) is 0 Å². The molecule has 88 valence electrons. The van der Waals surface area contributed by atoms with E-state index in [1.165, 1.54) is 12.7 Å². The van der Waals surface area contributed by atoms with Crippen LogP contribution in [0.15, 0.2) is 6.20 Å². The van der Waals surface area contributed by atoms with E-state index < -0.39 is 0 Å². The molecule has 1 atom stereocenters. The number of nitrogens with zero attached hydrogens (tertiary/aromatic N) is 3. The fraction of sp³-hybridized carbons (Fsp3) is 0.636. The van der Waals surface area contributed by atoms with Gasteiger partial charge in [0.2, 0.25) is 0 Å². The molecular formula is C11H17N3O2. The Morgan fingerprint density at radius 1 is 1.69 bits per heavy atom. The summed E-state index contributed by atoms with van der Waals surface area (Å²) in [5, 5.41) is 4.29. The lowest BCUT2D eigenvalue weighted by atomic mass is 10.0. The van der Waals surface area contributed by atoms with Crippen LogP contribution in [0.5, 0.6) is 0 Å². The van der Waals surface area contributed by atoms with Crippen molar-refractivity contribution in [1.29, 1.82) is 0 Å². The number of rotatable bonds is 3. The third kappa shape index (κ3) is 1.95. The number of hydrogen-bond donors (Lipinski definition) is 0. The van der Waals surface area contributed by atoms with E-state index in [9.17, 15) is 4.79 Å². The molecule has 1 aliphatic heterocycles. The molecule has 1 fully saturated rings. The minimum absolute atomic E-state index is 0.0652. The SMILES string of the molecule is COC(=O)C1CCN1Cc1cn(C)nc1C. The molecule has 0 aromatic carbocycles. The van der Waals surface area contributed by atoms with E-state index in [2.05, 4.69) is 10.00 Å². The first kappa shape index (κ1) is 11.1. The second-order valence-corrected chi connectivity index (χ2v) is 4.21. The molecule has 1 aromatic rings. The van der Waals surface area contributed by atoms with Gasteiger partial charge in [-0.05, 0) is 13.3 Å². The summed E-state index contributed by atoms with van der Waals surface area (Å²) in [5.74, 6) is -0.132. The number of esters is 1. The number of ether oxygens (including phenoxy) is 1. The van der Waals surface area contributed by atoms with Gasteiger partial charge < -0.3 is 4.74 Å². The quantitative estimate of drug-likeness (QED) is 0.699. The van der Waals surface area contributed by atoms with Crippen molar-refractivity contribution in [2.75, 3.05) is 13.7 Å². The van der Waals surface area contributed by atoms with E-state index in [1.807, 2.05) is 20.2 Å². The Kier molecular flexibility index (Phi) is 2.96. The summed E-state index contributed by atoms with van der Waals surface area (Å²) >= 11 is 0. The van der Waals surface area contributed by atoms with Crippen molar-refractivity contribution < 1.29 is 9.53 Å². The van der Waals surface area contributed by atoms with Gasteiger partial charge in [0.05, 0.1) is 12.8 Å². The largest absolute Gasteiger partial charge is 0.468 e. The number of methoxy groups -OCH3 is 1. The minimum atomic E-state index is -0.132. The van der Waals surface area contributed by atoms with Crippen LogP contribution in [-0.2, 0) is 23.1 Å². The average Bonchev–Trinajstić information content (AvgIpc) is 2.52. The molecule has 1 aliphatic rings. The van der Waals surface area contributed by atoms with E-state index >= 15 is 0 Å². The molecule has 0 N–H and O–H groups in total. The molecule has 5 heteroatoms. The molecule has 0 spiro atoms. The molecule has 0 radical (unpaired) electrons. The van der Waals surface area contributed by atoms with Gasteiger partial charge in [-0.2, -0.15) is 5.10 Å². The van der Waals surface area contributed by atoms with Gasteiger partial charge in [0.25, 0.3) is 0 Å². The van der Waals surface area contributed by atoms with Gasteiger partial charge in [0.15, 0.2) is 0 Å². The Labute approximate surface area is 95.0 Å². The van der Waals surface area contributed by atoms with Gasteiger partial charge in [0.1, 0.15) is 6.04 Å². The third-order valence-corrected chi connectivity index (χ3v) is 3.09. The molecule has 5 nitrogen and oxygen atoms in total. The highest BCUT2D eigenvalue weighted by Gasteiger charge is 2.35. The second kappa shape index (κ2) is 4.25. The van der Waals surface area contributed by atoms with Gasteiger partial charge in [-0.3, -0.25) is 14.4 Å². The molecule has 0 aliphatic carbocycles. The third-order valence-electron chi connectivity index (χ3n) is 3.09. The van der Waals surface area contributed by atoms with Gasteiger partial charge in [-0.15, -0.1) is 0 Å². The van der Waals surface area contributed by atoms with Crippen molar-refractivity contribution in [3.8, 4) is 0 Å².